The molecule has 5 aliphatic rings. The molecule has 374 valence electrons. The Labute approximate surface area is 398 Å². The van der Waals surface area contributed by atoms with E-state index >= 15 is 4.79 Å². The van der Waals surface area contributed by atoms with Gasteiger partial charge >= 0.3 is 23.9 Å². The Balaban J connectivity index is 1.44. The summed E-state index contributed by atoms with van der Waals surface area (Å²) in [5, 5.41) is 60.6. The van der Waals surface area contributed by atoms with E-state index in [1.54, 1.807) is 68.5 Å². The van der Waals surface area contributed by atoms with Crippen LogP contribution in [-0.2, 0) is 57.1 Å². The zero-order chi connectivity index (χ0) is 50.5. The average molecular weight is 964 g/mol. The highest BCUT2D eigenvalue weighted by Crippen LogP contribution is 2.65. The second kappa shape index (κ2) is 19.4. The lowest BCUT2D eigenvalue weighted by Gasteiger charge is -2.68. The fourth-order valence-corrected chi connectivity index (χ4v) is 11.0. The van der Waals surface area contributed by atoms with E-state index in [4.69, 9.17) is 33.2 Å². The Bertz CT molecular complexity index is 2390. The minimum Gasteiger partial charge on any atom is -0.456 e. The van der Waals surface area contributed by atoms with E-state index in [9.17, 15) is 49.5 Å². The largest absolute Gasteiger partial charge is 0.456 e. The van der Waals surface area contributed by atoms with Crippen LogP contribution in [0.5, 0.6) is 0 Å². The van der Waals surface area contributed by atoms with Crippen molar-refractivity contribution in [2.75, 3.05) is 13.2 Å². The van der Waals surface area contributed by atoms with Gasteiger partial charge in [-0.15, -0.1) is 0 Å². The number of aliphatic hydroxyl groups is 5. The number of aliphatic hydroxyl groups excluding tert-OH is 4. The van der Waals surface area contributed by atoms with E-state index in [-0.39, 0.29) is 28.7 Å². The summed E-state index contributed by atoms with van der Waals surface area (Å²) in [6, 6.07) is 14.5. The lowest BCUT2D eigenvalue weighted by atomic mass is 9.44. The number of ether oxygens (including phenoxy) is 7. The molecule has 2 aliphatic heterocycles. The monoisotopic (exact) mass is 963 g/mol. The molecule has 15 atom stereocenters. The Morgan fingerprint density at radius 3 is 2.09 bits per heavy atom. The number of benzene rings is 2. The van der Waals surface area contributed by atoms with Crippen LogP contribution in [0.15, 0.2) is 83.5 Å². The summed E-state index contributed by atoms with van der Waals surface area (Å²) in [5.74, 6) is -7.25. The van der Waals surface area contributed by atoms with E-state index < -0.39 is 150 Å². The maximum Gasteiger partial charge on any atom is 0.338 e. The van der Waals surface area contributed by atoms with E-state index in [0.717, 1.165) is 13.8 Å². The molecule has 2 aromatic carbocycles. The molecular formula is C50H61NO18. The van der Waals surface area contributed by atoms with Crippen molar-refractivity contribution in [3.63, 3.8) is 0 Å². The molecule has 19 heteroatoms. The maximum atomic E-state index is 16.2. The molecule has 0 aromatic heterocycles. The smallest absolute Gasteiger partial charge is 0.338 e. The van der Waals surface area contributed by atoms with Crippen molar-refractivity contribution in [2.45, 2.75) is 147 Å². The van der Waals surface area contributed by atoms with Crippen molar-refractivity contribution < 1.29 is 87.5 Å². The van der Waals surface area contributed by atoms with Crippen LogP contribution in [-0.4, -0.2) is 147 Å². The molecule has 2 heterocycles. The van der Waals surface area contributed by atoms with Crippen LogP contribution in [0.1, 0.15) is 90.2 Å². The third-order valence-corrected chi connectivity index (χ3v) is 15.0. The SMILES string of the molecule is C/C=C(\C)C(=O)NC(c1ccccc1)[C@@H](O)C(=O)O[C@H]1C[C@@]2(O)[C@@H](OC(=O)c3ccccc3)[C@@H]3[C@]4(OC(C)=O)CO[C@@H]4C[C@H](O[C@@H]4OC[C@@H](O)[C@H](O)[C@H]4O)[C@@]3(C)C(=O)[C@H](OC(C)=O)C(=C1C)C2(C)C. The number of hydrogen-bond acceptors (Lipinski definition) is 18. The number of nitrogens with one attached hydrogen (secondary N) is 1. The predicted octanol–water partition coefficient (Wildman–Crippen LogP) is 1.85. The molecule has 4 fully saturated rings. The van der Waals surface area contributed by atoms with Gasteiger partial charge in [-0.3, -0.25) is 19.2 Å². The van der Waals surface area contributed by atoms with Gasteiger partial charge in [0, 0.05) is 37.7 Å². The van der Waals surface area contributed by atoms with Crippen molar-refractivity contribution in [3.8, 4) is 0 Å². The first-order valence-corrected chi connectivity index (χ1v) is 22.8. The third-order valence-electron chi connectivity index (χ3n) is 15.0. The second-order valence-electron chi connectivity index (χ2n) is 19.3. The van der Waals surface area contributed by atoms with Gasteiger partial charge in [0.1, 0.15) is 42.2 Å². The summed E-state index contributed by atoms with van der Waals surface area (Å²) < 4.78 is 43.0. The summed E-state index contributed by atoms with van der Waals surface area (Å²) >= 11 is 0. The van der Waals surface area contributed by atoms with E-state index in [0.29, 0.717) is 5.56 Å². The number of Topliss-reactive ketones (excluding diaryl/α,β-unsaturated/α-hetero) is 1. The van der Waals surface area contributed by atoms with Crippen LogP contribution in [0.3, 0.4) is 0 Å². The normalized spacial score (nSPS) is 35.8. The van der Waals surface area contributed by atoms with Crippen LogP contribution < -0.4 is 5.32 Å². The molecule has 1 unspecified atom stereocenters. The molecule has 19 nitrogen and oxygen atoms in total. The summed E-state index contributed by atoms with van der Waals surface area (Å²) in [7, 11) is 0. The number of esters is 4. The summed E-state index contributed by atoms with van der Waals surface area (Å²) in [5.41, 5.74) is -7.65. The Morgan fingerprint density at radius 1 is 0.870 bits per heavy atom. The van der Waals surface area contributed by atoms with E-state index in [1.165, 1.54) is 39.8 Å². The minimum atomic E-state index is -2.50. The van der Waals surface area contributed by atoms with Gasteiger partial charge < -0.3 is 64.0 Å². The van der Waals surface area contributed by atoms with Gasteiger partial charge in [-0.2, -0.15) is 0 Å². The molecule has 2 saturated heterocycles. The van der Waals surface area contributed by atoms with Crippen molar-refractivity contribution in [2.24, 2.45) is 16.7 Å². The lowest BCUT2D eigenvalue weighted by molar-refractivity contribution is -0.366. The van der Waals surface area contributed by atoms with E-state index in [2.05, 4.69) is 5.32 Å². The number of amides is 1. The number of fused-ring (bicyclic) bond motifs is 5. The number of hydrogen-bond donors (Lipinski definition) is 6. The molecule has 0 spiro atoms. The van der Waals surface area contributed by atoms with Crippen LogP contribution in [0.2, 0.25) is 0 Å². The number of allylic oxidation sites excluding steroid dienone is 1. The van der Waals surface area contributed by atoms with Gasteiger partial charge in [-0.05, 0) is 56.5 Å². The standard InChI is InChI=1S/C50H61NO18/c1-9-24(2)43(59)51-35(28-16-12-10-13-17-28)37(56)45(61)66-31-21-50(62)42(68-44(60)29-18-14-11-15-19-29)40-48(8,41(58)39(65-26(4)52)34(25(31)3)47(50,6)7)32(20-33-49(40,23-64-33)69-27(5)53)67-46-38(57)36(55)30(54)22-63-46/h9-19,30-33,35-40,42,46,54-57,62H,20-23H2,1-8H3,(H,51,59)/b24-9+/t30-,31+,32+,33-,35?,36+,37-,38-,39-,40+,42+,46+,48-,49+,50-/m1/s1. The van der Waals surface area contributed by atoms with Gasteiger partial charge in [0.15, 0.2) is 29.9 Å². The molecule has 69 heavy (non-hydrogen) atoms. The predicted molar refractivity (Wildman–Crippen MR) is 238 cm³/mol. The first-order valence-electron chi connectivity index (χ1n) is 22.8. The highest BCUT2D eigenvalue weighted by molar-refractivity contribution is 5.96. The van der Waals surface area contributed by atoms with Crippen molar-refractivity contribution in [3.05, 3.63) is 94.6 Å². The highest BCUT2D eigenvalue weighted by atomic mass is 16.7. The van der Waals surface area contributed by atoms with Crippen LogP contribution in [0.25, 0.3) is 0 Å². The minimum absolute atomic E-state index is 0.0145. The molecule has 7 rings (SSSR count). The van der Waals surface area contributed by atoms with Crippen LogP contribution in [0.4, 0.5) is 0 Å². The molecular weight excluding hydrogens is 903 g/mol. The topological polar surface area (TPSA) is 280 Å². The van der Waals surface area contributed by atoms with Crippen LogP contribution in [0, 0.1) is 16.7 Å². The number of rotatable bonds is 12. The quantitative estimate of drug-likeness (QED) is 0.0766. The number of carbonyl (C=O) groups is 6. The highest BCUT2D eigenvalue weighted by Gasteiger charge is 2.79. The molecule has 3 aliphatic carbocycles. The van der Waals surface area contributed by atoms with Gasteiger partial charge in [0.05, 0.1) is 42.3 Å². The first kappa shape index (κ1) is 51.5. The second-order valence-corrected chi connectivity index (χ2v) is 19.3. The van der Waals surface area contributed by atoms with Gasteiger partial charge in [-0.25, -0.2) is 9.59 Å². The van der Waals surface area contributed by atoms with Crippen molar-refractivity contribution in [1.29, 1.82) is 0 Å². The zero-order valence-corrected chi connectivity index (χ0v) is 39.7. The first-order chi connectivity index (χ1) is 32.4. The third kappa shape index (κ3) is 8.92. The number of ketones is 1. The van der Waals surface area contributed by atoms with Gasteiger partial charge in [0.2, 0.25) is 5.91 Å². The molecule has 2 bridgehead atoms. The van der Waals surface area contributed by atoms with Crippen molar-refractivity contribution >= 4 is 35.6 Å². The molecule has 2 aromatic rings. The Hall–Kier alpha value is -5.38. The molecule has 2 saturated carbocycles. The Morgan fingerprint density at radius 2 is 1.51 bits per heavy atom. The fraction of sp³-hybridized carbons (Fsp3) is 0.560. The molecule has 0 radical (unpaired) electrons. The summed E-state index contributed by atoms with van der Waals surface area (Å²) in [6.45, 7) is 10.4. The fourth-order valence-electron chi connectivity index (χ4n) is 11.0. The Kier molecular flexibility index (Phi) is 14.5. The zero-order valence-electron chi connectivity index (χ0n) is 39.7. The average Bonchev–Trinajstić information content (AvgIpc) is 3.30. The van der Waals surface area contributed by atoms with Crippen LogP contribution >= 0.6 is 0 Å². The summed E-state index contributed by atoms with van der Waals surface area (Å²) in [4.78, 5) is 85.0. The molecule has 6 N–H and O–H groups in total. The lowest BCUT2D eigenvalue weighted by Crippen LogP contribution is -2.82. The molecule has 1 amide bonds. The number of carbonyl (C=O) groups excluding carboxylic acids is 6. The van der Waals surface area contributed by atoms with Gasteiger partial charge in [-0.1, -0.05) is 68.5 Å². The van der Waals surface area contributed by atoms with Gasteiger partial charge in [0.25, 0.3) is 0 Å². The van der Waals surface area contributed by atoms with Crippen molar-refractivity contribution in [1.82, 2.24) is 5.32 Å². The van der Waals surface area contributed by atoms with E-state index in [1.807, 2.05) is 0 Å². The summed E-state index contributed by atoms with van der Waals surface area (Å²) in [6.07, 6.45) is -16.3. The maximum absolute atomic E-state index is 16.2.